The van der Waals surface area contributed by atoms with Gasteiger partial charge in [-0.05, 0) is 31.2 Å². The molecular formula is C21H35IN4O3. The molecule has 2 atom stereocenters. The Balaban J connectivity index is 0.00000420. The van der Waals surface area contributed by atoms with E-state index in [1.54, 1.807) is 12.1 Å². The molecular weight excluding hydrogens is 483 g/mol. The second-order valence-electron chi connectivity index (χ2n) is 8.07. The summed E-state index contributed by atoms with van der Waals surface area (Å²) in [6.07, 6.45) is 4.60. The van der Waals surface area contributed by atoms with Crippen LogP contribution in [0.5, 0.6) is 0 Å². The van der Waals surface area contributed by atoms with Crippen LogP contribution >= 0.6 is 24.0 Å². The third-order valence-corrected chi connectivity index (χ3v) is 4.95. The van der Waals surface area contributed by atoms with Gasteiger partial charge in [0.05, 0.1) is 18.1 Å². The van der Waals surface area contributed by atoms with Gasteiger partial charge in [-0.1, -0.05) is 38.8 Å². The fourth-order valence-corrected chi connectivity index (χ4v) is 3.17. The van der Waals surface area contributed by atoms with Crippen molar-refractivity contribution in [3.05, 3.63) is 39.9 Å². The van der Waals surface area contributed by atoms with Crippen LogP contribution in [-0.2, 0) is 11.3 Å². The van der Waals surface area contributed by atoms with Gasteiger partial charge in [-0.15, -0.1) is 24.0 Å². The van der Waals surface area contributed by atoms with E-state index in [0.29, 0.717) is 18.5 Å². The molecule has 2 unspecified atom stereocenters. The van der Waals surface area contributed by atoms with E-state index in [0.717, 1.165) is 50.0 Å². The Morgan fingerprint density at radius 3 is 2.59 bits per heavy atom. The van der Waals surface area contributed by atoms with Gasteiger partial charge in [-0.2, -0.15) is 0 Å². The number of halogens is 1. The molecule has 0 aromatic heterocycles. The Labute approximate surface area is 191 Å². The van der Waals surface area contributed by atoms with E-state index in [1.807, 2.05) is 0 Å². The van der Waals surface area contributed by atoms with E-state index in [1.165, 1.54) is 25.0 Å². The second kappa shape index (κ2) is 13.7. The Morgan fingerprint density at radius 1 is 1.28 bits per heavy atom. The number of guanidine groups is 1. The van der Waals surface area contributed by atoms with Crippen molar-refractivity contribution < 1.29 is 9.66 Å². The highest BCUT2D eigenvalue weighted by Crippen LogP contribution is 2.13. The monoisotopic (exact) mass is 518 g/mol. The lowest BCUT2D eigenvalue weighted by molar-refractivity contribution is -0.384. The van der Waals surface area contributed by atoms with Crippen molar-refractivity contribution in [2.24, 2.45) is 16.8 Å². The highest BCUT2D eigenvalue weighted by atomic mass is 127. The molecule has 0 bridgehead atoms. The van der Waals surface area contributed by atoms with Gasteiger partial charge >= 0.3 is 0 Å². The molecule has 2 N–H and O–H groups in total. The minimum Gasteiger partial charge on any atom is -0.381 e. The third-order valence-electron chi connectivity index (χ3n) is 4.95. The summed E-state index contributed by atoms with van der Waals surface area (Å²) in [5.74, 6) is 2.04. The molecule has 8 heteroatoms. The van der Waals surface area contributed by atoms with Crippen LogP contribution in [0.2, 0.25) is 0 Å². The zero-order valence-corrected chi connectivity index (χ0v) is 20.1. The number of non-ortho nitro benzene ring substituents is 1. The Kier molecular flexibility index (Phi) is 12.1. The maximum Gasteiger partial charge on any atom is 0.269 e. The maximum atomic E-state index is 10.8. The highest BCUT2D eigenvalue weighted by Gasteiger charge is 2.16. The van der Waals surface area contributed by atoms with Crippen molar-refractivity contribution >= 4 is 35.6 Å². The van der Waals surface area contributed by atoms with Crippen LogP contribution in [0, 0.1) is 22.0 Å². The maximum absolute atomic E-state index is 10.8. The van der Waals surface area contributed by atoms with Crippen LogP contribution in [0.4, 0.5) is 5.69 Å². The summed E-state index contributed by atoms with van der Waals surface area (Å²) >= 11 is 0. The van der Waals surface area contributed by atoms with Gasteiger partial charge in [0.1, 0.15) is 0 Å². The molecule has 1 heterocycles. The average molecular weight is 518 g/mol. The zero-order chi connectivity index (χ0) is 20.4. The van der Waals surface area contributed by atoms with Crippen molar-refractivity contribution in [3.8, 4) is 0 Å². The van der Waals surface area contributed by atoms with Crippen LogP contribution in [0.25, 0.3) is 0 Å². The summed E-state index contributed by atoms with van der Waals surface area (Å²) in [7, 11) is 0. The number of ether oxygens (including phenoxy) is 1. The number of hydrogen-bond donors (Lipinski definition) is 2. The Hall–Kier alpha value is -1.42. The highest BCUT2D eigenvalue weighted by molar-refractivity contribution is 14.0. The van der Waals surface area contributed by atoms with Crippen molar-refractivity contribution in [2.45, 2.75) is 59.0 Å². The zero-order valence-electron chi connectivity index (χ0n) is 17.7. The summed E-state index contributed by atoms with van der Waals surface area (Å²) < 4.78 is 5.45. The lowest BCUT2D eigenvalue weighted by atomic mass is 10.0. The Bertz CT molecular complexity index is 631. The van der Waals surface area contributed by atoms with Gasteiger partial charge < -0.3 is 15.4 Å². The third kappa shape index (κ3) is 10.3. The van der Waals surface area contributed by atoms with Gasteiger partial charge in [0.25, 0.3) is 5.69 Å². The molecule has 1 aromatic rings. The molecule has 1 aromatic carbocycles. The summed E-state index contributed by atoms with van der Waals surface area (Å²) in [6, 6.07) is 6.90. The predicted octanol–water partition coefficient (Wildman–Crippen LogP) is 4.50. The second-order valence-corrected chi connectivity index (χ2v) is 8.07. The minimum atomic E-state index is -0.385. The van der Waals surface area contributed by atoms with E-state index >= 15 is 0 Å². The normalized spacial score (nSPS) is 17.7. The van der Waals surface area contributed by atoms with Crippen LogP contribution in [0.1, 0.15) is 52.0 Å². The first-order chi connectivity index (χ1) is 13.4. The fraction of sp³-hybridized carbons (Fsp3) is 0.667. The molecule has 1 aliphatic heterocycles. The van der Waals surface area contributed by atoms with E-state index in [9.17, 15) is 10.1 Å². The molecule has 1 saturated heterocycles. The van der Waals surface area contributed by atoms with E-state index in [2.05, 4.69) is 31.4 Å². The van der Waals surface area contributed by atoms with Crippen molar-refractivity contribution in [2.75, 3.05) is 19.8 Å². The van der Waals surface area contributed by atoms with Gasteiger partial charge in [0.2, 0.25) is 0 Å². The first kappa shape index (κ1) is 25.6. The van der Waals surface area contributed by atoms with Gasteiger partial charge in [0.15, 0.2) is 5.96 Å². The minimum absolute atomic E-state index is 0. The van der Waals surface area contributed by atoms with E-state index in [4.69, 9.17) is 9.73 Å². The van der Waals surface area contributed by atoms with Crippen LogP contribution in [0.15, 0.2) is 29.3 Å². The number of rotatable bonds is 10. The predicted molar refractivity (Wildman–Crippen MR) is 128 cm³/mol. The van der Waals surface area contributed by atoms with Crippen molar-refractivity contribution in [3.63, 3.8) is 0 Å². The number of nitro groups is 1. The van der Waals surface area contributed by atoms with Crippen molar-refractivity contribution in [1.82, 2.24) is 10.6 Å². The van der Waals surface area contributed by atoms with Crippen molar-refractivity contribution in [1.29, 1.82) is 0 Å². The molecule has 0 aliphatic carbocycles. The molecule has 1 fully saturated rings. The fourth-order valence-electron chi connectivity index (χ4n) is 3.17. The Morgan fingerprint density at radius 2 is 2.00 bits per heavy atom. The number of nitrogens with zero attached hydrogens (tertiary/aromatic N) is 2. The lowest BCUT2D eigenvalue weighted by Gasteiger charge is -2.20. The molecule has 29 heavy (non-hydrogen) atoms. The van der Waals surface area contributed by atoms with Gasteiger partial charge in [-0.3, -0.25) is 10.1 Å². The summed E-state index contributed by atoms with van der Waals surface area (Å²) in [5.41, 5.74) is 1.05. The molecule has 0 amide bonds. The SMILES string of the molecule is CC(C)CCCC(C)NC(=NCc1ccc([N+](=O)[O-])cc1)NCC1CCOC1.I. The number of benzene rings is 1. The molecule has 0 radical (unpaired) electrons. The summed E-state index contributed by atoms with van der Waals surface area (Å²) in [5, 5.41) is 17.7. The van der Waals surface area contributed by atoms with E-state index in [-0.39, 0.29) is 34.6 Å². The molecule has 0 spiro atoms. The number of aliphatic imine (C=N–C) groups is 1. The molecule has 164 valence electrons. The molecule has 7 nitrogen and oxygen atoms in total. The van der Waals surface area contributed by atoms with E-state index < -0.39 is 0 Å². The van der Waals surface area contributed by atoms with Crippen LogP contribution < -0.4 is 10.6 Å². The number of nitrogens with one attached hydrogen (secondary N) is 2. The van der Waals surface area contributed by atoms with Crippen LogP contribution in [-0.4, -0.2) is 36.7 Å². The molecule has 2 rings (SSSR count). The molecule has 1 aliphatic rings. The number of hydrogen-bond acceptors (Lipinski definition) is 4. The van der Waals surface area contributed by atoms with Gasteiger partial charge in [0, 0.05) is 37.2 Å². The lowest BCUT2D eigenvalue weighted by Crippen LogP contribution is -2.44. The molecule has 0 saturated carbocycles. The average Bonchev–Trinajstić information content (AvgIpc) is 3.17. The largest absolute Gasteiger partial charge is 0.381 e. The first-order valence-corrected chi connectivity index (χ1v) is 10.3. The first-order valence-electron chi connectivity index (χ1n) is 10.3. The topological polar surface area (TPSA) is 88.8 Å². The standard InChI is InChI=1S/C21H34N4O3.HI/c1-16(2)5-4-6-17(3)24-21(23-14-19-11-12-28-15-19)22-13-18-7-9-20(10-8-18)25(26)27;/h7-10,16-17,19H,4-6,11-15H2,1-3H3,(H2,22,23,24);1H. The quantitative estimate of drug-likeness (QED) is 0.157. The smallest absolute Gasteiger partial charge is 0.269 e. The summed E-state index contributed by atoms with van der Waals surface area (Å²) in [4.78, 5) is 15.1. The summed E-state index contributed by atoms with van der Waals surface area (Å²) in [6.45, 7) is 9.63. The van der Waals surface area contributed by atoms with Crippen LogP contribution in [0.3, 0.4) is 0 Å². The number of nitro benzene ring substituents is 1. The van der Waals surface area contributed by atoms with Gasteiger partial charge in [-0.25, -0.2) is 4.99 Å².